The molecular formula is C19H20O2. The summed E-state index contributed by atoms with van der Waals surface area (Å²) in [6.07, 6.45) is 0.769. The highest BCUT2D eigenvalue weighted by atomic mass is 16.5. The van der Waals surface area contributed by atoms with E-state index in [1.165, 1.54) is 16.7 Å². The standard InChI is InChI=1S/C19H20O2/c1-12(2)17-11-15-10-14(8-9-18(15)21-19(17)20)16-7-5-4-6-13(16)3/h4-10,12,17H,11H2,1-3H3. The zero-order chi connectivity index (χ0) is 15.0. The molecule has 1 aliphatic rings. The van der Waals surface area contributed by atoms with Crippen LogP contribution < -0.4 is 4.74 Å². The third kappa shape index (κ3) is 2.58. The summed E-state index contributed by atoms with van der Waals surface area (Å²) in [6, 6.07) is 14.5. The maximum absolute atomic E-state index is 12.0. The van der Waals surface area contributed by atoms with Crippen LogP contribution in [0.1, 0.15) is 25.0 Å². The number of hydrogen-bond acceptors (Lipinski definition) is 2. The Bertz CT molecular complexity index is 686. The molecule has 1 atom stereocenters. The van der Waals surface area contributed by atoms with E-state index in [0.29, 0.717) is 11.7 Å². The quantitative estimate of drug-likeness (QED) is 0.602. The fourth-order valence-corrected chi connectivity index (χ4v) is 2.92. The Kier molecular flexibility index (Phi) is 3.54. The number of carbonyl (C=O) groups is 1. The van der Waals surface area contributed by atoms with Crippen molar-refractivity contribution in [3.63, 3.8) is 0 Å². The first kappa shape index (κ1) is 13.9. The molecular weight excluding hydrogens is 260 g/mol. The molecule has 0 fully saturated rings. The first-order valence-corrected chi connectivity index (χ1v) is 7.47. The van der Waals surface area contributed by atoms with Gasteiger partial charge in [-0.1, -0.05) is 44.2 Å². The van der Waals surface area contributed by atoms with Gasteiger partial charge < -0.3 is 4.74 Å². The van der Waals surface area contributed by atoms with Crippen LogP contribution in [0.5, 0.6) is 5.75 Å². The topological polar surface area (TPSA) is 26.3 Å². The third-order valence-electron chi connectivity index (χ3n) is 4.27. The van der Waals surface area contributed by atoms with Gasteiger partial charge in [0.1, 0.15) is 5.75 Å². The van der Waals surface area contributed by atoms with Crippen molar-refractivity contribution in [2.24, 2.45) is 11.8 Å². The second-order valence-electron chi connectivity index (χ2n) is 6.11. The second kappa shape index (κ2) is 5.36. The summed E-state index contributed by atoms with van der Waals surface area (Å²) < 4.78 is 5.49. The molecule has 2 heteroatoms. The van der Waals surface area contributed by atoms with Crippen LogP contribution in [0.3, 0.4) is 0 Å². The van der Waals surface area contributed by atoms with E-state index in [-0.39, 0.29) is 11.9 Å². The van der Waals surface area contributed by atoms with Crippen LogP contribution in [0.2, 0.25) is 0 Å². The van der Waals surface area contributed by atoms with E-state index in [1.807, 2.05) is 18.2 Å². The largest absolute Gasteiger partial charge is 0.426 e. The van der Waals surface area contributed by atoms with E-state index < -0.39 is 0 Å². The first-order valence-electron chi connectivity index (χ1n) is 7.47. The fraction of sp³-hybridized carbons (Fsp3) is 0.316. The molecule has 1 heterocycles. The minimum absolute atomic E-state index is 0.0374. The van der Waals surface area contributed by atoms with Crippen LogP contribution in [0.25, 0.3) is 11.1 Å². The van der Waals surface area contributed by atoms with Gasteiger partial charge in [0.25, 0.3) is 0 Å². The predicted molar refractivity (Wildman–Crippen MR) is 84.3 cm³/mol. The van der Waals surface area contributed by atoms with Crippen molar-refractivity contribution in [1.82, 2.24) is 0 Å². The molecule has 0 N–H and O–H groups in total. The summed E-state index contributed by atoms with van der Waals surface area (Å²) in [6.45, 7) is 6.26. The molecule has 0 aromatic heterocycles. The SMILES string of the molecule is Cc1ccccc1-c1ccc2c(c1)CC(C(C)C)C(=O)O2. The van der Waals surface area contributed by atoms with Crippen molar-refractivity contribution in [2.75, 3.05) is 0 Å². The monoisotopic (exact) mass is 280 g/mol. The molecule has 0 bridgehead atoms. The molecule has 0 amide bonds. The van der Waals surface area contributed by atoms with Crippen LogP contribution in [-0.2, 0) is 11.2 Å². The highest BCUT2D eigenvalue weighted by Crippen LogP contribution is 2.35. The average Bonchev–Trinajstić information content (AvgIpc) is 2.46. The molecule has 3 rings (SSSR count). The van der Waals surface area contributed by atoms with Crippen molar-refractivity contribution in [1.29, 1.82) is 0 Å². The lowest BCUT2D eigenvalue weighted by molar-refractivity contribution is -0.141. The van der Waals surface area contributed by atoms with Crippen LogP contribution in [0.4, 0.5) is 0 Å². The third-order valence-corrected chi connectivity index (χ3v) is 4.27. The molecule has 0 saturated heterocycles. The van der Waals surface area contributed by atoms with E-state index in [0.717, 1.165) is 12.0 Å². The Balaban J connectivity index is 2.01. The number of rotatable bonds is 2. The Morgan fingerprint density at radius 1 is 1.14 bits per heavy atom. The fourth-order valence-electron chi connectivity index (χ4n) is 2.92. The van der Waals surface area contributed by atoms with E-state index in [2.05, 4.69) is 45.0 Å². The van der Waals surface area contributed by atoms with Crippen LogP contribution in [-0.4, -0.2) is 5.97 Å². The molecule has 0 aliphatic carbocycles. The summed E-state index contributed by atoms with van der Waals surface area (Å²) in [7, 11) is 0. The summed E-state index contributed by atoms with van der Waals surface area (Å²) in [4.78, 5) is 12.0. The lowest BCUT2D eigenvalue weighted by atomic mass is 9.86. The van der Waals surface area contributed by atoms with Gasteiger partial charge in [-0.3, -0.25) is 4.79 Å². The lowest BCUT2D eigenvalue weighted by Gasteiger charge is -2.26. The molecule has 2 nitrogen and oxygen atoms in total. The Morgan fingerprint density at radius 2 is 1.90 bits per heavy atom. The van der Waals surface area contributed by atoms with Gasteiger partial charge in [-0.25, -0.2) is 0 Å². The lowest BCUT2D eigenvalue weighted by Crippen LogP contribution is -2.31. The van der Waals surface area contributed by atoms with E-state index in [1.54, 1.807) is 0 Å². The number of benzene rings is 2. The van der Waals surface area contributed by atoms with E-state index in [9.17, 15) is 4.79 Å². The van der Waals surface area contributed by atoms with Gasteiger partial charge in [-0.05, 0) is 53.6 Å². The number of fused-ring (bicyclic) bond motifs is 1. The average molecular weight is 280 g/mol. The molecule has 1 aliphatic heterocycles. The molecule has 2 aromatic carbocycles. The summed E-state index contributed by atoms with van der Waals surface area (Å²) in [5.74, 6) is 0.882. The van der Waals surface area contributed by atoms with Gasteiger partial charge in [0.05, 0.1) is 5.92 Å². The van der Waals surface area contributed by atoms with Gasteiger partial charge in [-0.15, -0.1) is 0 Å². The summed E-state index contributed by atoms with van der Waals surface area (Å²) in [5.41, 5.74) is 4.81. The number of carbonyl (C=O) groups excluding carboxylic acids is 1. The number of esters is 1. The van der Waals surface area contributed by atoms with Crippen LogP contribution in [0.15, 0.2) is 42.5 Å². The highest BCUT2D eigenvalue weighted by molar-refractivity contribution is 5.79. The highest BCUT2D eigenvalue weighted by Gasteiger charge is 2.30. The van der Waals surface area contributed by atoms with Gasteiger partial charge in [0.2, 0.25) is 0 Å². The number of hydrogen-bond donors (Lipinski definition) is 0. The summed E-state index contributed by atoms with van der Waals surface area (Å²) >= 11 is 0. The predicted octanol–water partition coefficient (Wildman–Crippen LogP) is 4.40. The van der Waals surface area contributed by atoms with Gasteiger partial charge in [0, 0.05) is 0 Å². The van der Waals surface area contributed by atoms with Crippen molar-refractivity contribution in [2.45, 2.75) is 27.2 Å². The normalized spacial score (nSPS) is 17.5. The second-order valence-corrected chi connectivity index (χ2v) is 6.11. The van der Waals surface area contributed by atoms with Crippen molar-refractivity contribution >= 4 is 5.97 Å². The van der Waals surface area contributed by atoms with Gasteiger partial charge in [-0.2, -0.15) is 0 Å². The Hall–Kier alpha value is -2.09. The van der Waals surface area contributed by atoms with Crippen molar-refractivity contribution < 1.29 is 9.53 Å². The minimum atomic E-state index is -0.0962. The van der Waals surface area contributed by atoms with Crippen molar-refractivity contribution in [3.05, 3.63) is 53.6 Å². The molecule has 21 heavy (non-hydrogen) atoms. The van der Waals surface area contributed by atoms with Crippen molar-refractivity contribution in [3.8, 4) is 16.9 Å². The first-order chi connectivity index (χ1) is 10.1. The Labute approximate surface area is 125 Å². The van der Waals surface area contributed by atoms with E-state index in [4.69, 9.17) is 4.74 Å². The van der Waals surface area contributed by atoms with Gasteiger partial charge in [0.15, 0.2) is 0 Å². The van der Waals surface area contributed by atoms with E-state index >= 15 is 0 Å². The minimum Gasteiger partial charge on any atom is -0.426 e. The molecule has 2 aromatic rings. The van der Waals surface area contributed by atoms with Gasteiger partial charge >= 0.3 is 5.97 Å². The smallest absolute Gasteiger partial charge is 0.314 e. The Morgan fingerprint density at radius 3 is 2.62 bits per heavy atom. The molecule has 0 radical (unpaired) electrons. The number of ether oxygens (including phenoxy) is 1. The molecule has 0 spiro atoms. The zero-order valence-electron chi connectivity index (χ0n) is 12.7. The molecule has 108 valence electrons. The molecule has 1 unspecified atom stereocenters. The molecule has 0 saturated carbocycles. The maximum Gasteiger partial charge on any atom is 0.314 e. The summed E-state index contributed by atoms with van der Waals surface area (Å²) in [5, 5.41) is 0. The zero-order valence-corrected chi connectivity index (χ0v) is 12.7. The van der Waals surface area contributed by atoms with Crippen LogP contribution in [0, 0.1) is 18.8 Å². The number of aryl methyl sites for hydroxylation is 1. The van der Waals surface area contributed by atoms with Crippen LogP contribution >= 0.6 is 0 Å². The maximum atomic E-state index is 12.0.